The van der Waals surface area contributed by atoms with Crippen LogP contribution in [-0.4, -0.2) is 44.6 Å². The Morgan fingerprint density at radius 2 is 1.44 bits per heavy atom. The number of unbranched alkanes of at least 4 members (excludes halogenated alkanes) is 1. The summed E-state index contributed by atoms with van der Waals surface area (Å²) in [6, 6.07) is 25.2. The van der Waals surface area contributed by atoms with Crippen molar-refractivity contribution in [1.82, 2.24) is 0 Å². The molecule has 0 aliphatic carbocycles. The largest absolute Gasteiger partial charge is 0.494 e. The first-order valence-electron chi connectivity index (χ1n) is 13.1. The number of carbonyl (C=O) groups excluding carboxylic acids is 2. The molecule has 7 heteroatoms. The van der Waals surface area contributed by atoms with Crippen LogP contribution in [0.25, 0.3) is 0 Å². The number of esters is 2. The molecule has 0 unspecified atom stereocenters. The fourth-order valence-electron chi connectivity index (χ4n) is 3.75. The smallest absolute Gasteiger partial charge is 0.338 e. The van der Waals surface area contributed by atoms with E-state index in [-0.39, 0.29) is 17.2 Å². The fraction of sp³-hybridized carbons (Fsp3) is 0.312. The monoisotopic (exact) mass is 548 g/mol. The van der Waals surface area contributed by atoms with Crippen molar-refractivity contribution in [2.75, 3.05) is 27.4 Å². The number of carbonyl (C=O) groups is 2. The highest BCUT2D eigenvalue weighted by molar-refractivity contribution is 8.00. The van der Waals surface area contributed by atoms with Gasteiger partial charge < -0.3 is 18.9 Å². The van der Waals surface area contributed by atoms with Crippen LogP contribution in [-0.2, 0) is 20.7 Å². The standard InChI is InChI=1S/C32H36O6S/c1-35-31(33)22-21-28(39-30-16-7-6-15-29(30)32(34)36-2)14-10-11-25-17-19-27(20-18-25)38-24-9-8-23-37-26-12-4-3-5-13-26/h3-7,10,12-20,28H,8-9,11,21-24H2,1-2H3/b14-10-/t28-/m1/s1. The van der Waals surface area contributed by atoms with Crippen molar-refractivity contribution < 1.29 is 28.5 Å². The lowest BCUT2D eigenvalue weighted by Gasteiger charge is -2.14. The van der Waals surface area contributed by atoms with Crippen LogP contribution in [0.5, 0.6) is 11.5 Å². The molecule has 0 radical (unpaired) electrons. The fourth-order valence-corrected chi connectivity index (χ4v) is 4.93. The number of ether oxygens (including phenoxy) is 4. The average Bonchev–Trinajstić information content (AvgIpc) is 2.98. The average molecular weight is 549 g/mol. The molecule has 3 aromatic carbocycles. The maximum atomic E-state index is 12.2. The Bertz CT molecular complexity index is 1180. The Hall–Kier alpha value is -3.71. The van der Waals surface area contributed by atoms with Crippen LogP contribution < -0.4 is 9.47 Å². The van der Waals surface area contributed by atoms with E-state index in [0.29, 0.717) is 31.6 Å². The van der Waals surface area contributed by atoms with Gasteiger partial charge in [0.25, 0.3) is 0 Å². The summed E-state index contributed by atoms with van der Waals surface area (Å²) in [6.07, 6.45) is 7.65. The molecule has 0 amide bonds. The van der Waals surface area contributed by atoms with Gasteiger partial charge >= 0.3 is 11.9 Å². The van der Waals surface area contributed by atoms with E-state index in [9.17, 15) is 9.59 Å². The van der Waals surface area contributed by atoms with E-state index < -0.39 is 0 Å². The summed E-state index contributed by atoms with van der Waals surface area (Å²) in [6.45, 7) is 1.31. The molecule has 0 saturated carbocycles. The quantitative estimate of drug-likeness (QED) is 0.0832. The molecule has 206 valence electrons. The predicted molar refractivity (Wildman–Crippen MR) is 155 cm³/mol. The van der Waals surface area contributed by atoms with Crippen LogP contribution in [0, 0.1) is 0 Å². The highest BCUT2D eigenvalue weighted by Gasteiger charge is 2.16. The van der Waals surface area contributed by atoms with Gasteiger partial charge in [0.05, 0.1) is 33.0 Å². The molecule has 0 aromatic heterocycles. The summed E-state index contributed by atoms with van der Waals surface area (Å²) in [5.41, 5.74) is 1.67. The summed E-state index contributed by atoms with van der Waals surface area (Å²) in [7, 11) is 2.76. The lowest BCUT2D eigenvalue weighted by atomic mass is 10.1. The van der Waals surface area contributed by atoms with Gasteiger partial charge in [-0.25, -0.2) is 4.79 Å². The van der Waals surface area contributed by atoms with Crippen molar-refractivity contribution in [2.24, 2.45) is 0 Å². The van der Waals surface area contributed by atoms with E-state index in [4.69, 9.17) is 18.9 Å². The maximum Gasteiger partial charge on any atom is 0.338 e. The zero-order valence-electron chi connectivity index (χ0n) is 22.5. The molecular weight excluding hydrogens is 512 g/mol. The maximum absolute atomic E-state index is 12.2. The summed E-state index contributed by atoms with van der Waals surface area (Å²) in [5.74, 6) is 1.10. The van der Waals surface area contributed by atoms with Crippen LogP contribution in [0.1, 0.15) is 41.6 Å². The van der Waals surface area contributed by atoms with Crippen molar-refractivity contribution in [3.8, 4) is 11.5 Å². The SMILES string of the molecule is COC(=O)CC[C@@H](/C=C\Cc1ccc(OCCCCOc2ccccc2)cc1)Sc1ccccc1C(=O)OC. The van der Waals surface area contributed by atoms with Crippen LogP contribution in [0.4, 0.5) is 0 Å². The predicted octanol–water partition coefficient (Wildman–Crippen LogP) is 6.92. The first-order valence-corrected chi connectivity index (χ1v) is 13.9. The van der Waals surface area contributed by atoms with E-state index in [2.05, 4.69) is 24.3 Å². The Labute approximate surface area is 235 Å². The van der Waals surface area contributed by atoms with Gasteiger partial charge in [-0.3, -0.25) is 4.79 Å². The Kier molecular flexibility index (Phi) is 13.0. The molecule has 0 aliphatic rings. The molecular formula is C32H36O6S. The molecule has 0 fully saturated rings. The molecule has 3 aromatic rings. The lowest BCUT2D eigenvalue weighted by Crippen LogP contribution is -2.08. The van der Waals surface area contributed by atoms with Gasteiger partial charge in [0.1, 0.15) is 11.5 Å². The third kappa shape index (κ3) is 10.9. The zero-order valence-corrected chi connectivity index (χ0v) is 23.4. The minimum atomic E-state index is -0.378. The molecule has 0 bridgehead atoms. The zero-order chi connectivity index (χ0) is 27.7. The molecule has 0 saturated heterocycles. The van der Waals surface area contributed by atoms with Crippen LogP contribution in [0.15, 0.2) is 95.9 Å². The number of hydrogen-bond donors (Lipinski definition) is 0. The van der Waals surface area contributed by atoms with Gasteiger partial charge in [0.2, 0.25) is 0 Å². The number of allylic oxidation sites excluding steroid dienone is 1. The van der Waals surface area contributed by atoms with E-state index in [1.807, 2.05) is 60.7 Å². The second-order valence-electron chi connectivity index (χ2n) is 8.75. The van der Waals surface area contributed by atoms with Gasteiger partial charge in [-0.2, -0.15) is 0 Å². The molecule has 3 rings (SSSR count). The highest BCUT2D eigenvalue weighted by atomic mass is 32.2. The minimum absolute atomic E-state index is 0.0108. The molecule has 1 atom stereocenters. The summed E-state index contributed by atoms with van der Waals surface area (Å²) in [5, 5.41) is -0.0108. The van der Waals surface area contributed by atoms with Crippen LogP contribution >= 0.6 is 11.8 Å². The van der Waals surface area contributed by atoms with Gasteiger partial charge in [-0.1, -0.05) is 54.6 Å². The van der Waals surface area contributed by atoms with Gasteiger partial charge in [-0.05, 0) is 67.6 Å². The topological polar surface area (TPSA) is 71.1 Å². The highest BCUT2D eigenvalue weighted by Crippen LogP contribution is 2.31. The lowest BCUT2D eigenvalue weighted by molar-refractivity contribution is -0.140. The number of benzene rings is 3. The summed E-state index contributed by atoms with van der Waals surface area (Å²) in [4.78, 5) is 24.7. The van der Waals surface area contributed by atoms with Gasteiger partial charge in [0, 0.05) is 16.6 Å². The van der Waals surface area contributed by atoms with Crippen LogP contribution in [0.2, 0.25) is 0 Å². The van der Waals surface area contributed by atoms with Crippen molar-refractivity contribution in [3.05, 3.63) is 102 Å². The number of rotatable bonds is 16. The number of thioether (sulfide) groups is 1. The number of hydrogen-bond acceptors (Lipinski definition) is 7. The Morgan fingerprint density at radius 3 is 2.10 bits per heavy atom. The van der Waals surface area contributed by atoms with Gasteiger partial charge in [0.15, 0.2) is 0 Å². The first kappa shape index (κ1) is 29.8. The number of para-hydroxylation sites is 1. The van der Waals surface area contributed by atoms with E-state index in [0.717, 1.165) is 41.2 Å². The molecule has 0 aliphatic heterocycles. The van der Waals surface area contributed by atoms with Crippen molar-refractivity contribution in [1.29, 1.82) is 0 Å². The van der Waals surface area contributed by atoms with Crippen molar-refractivity contribution in [2.45, 2.75) is 42.2 Å². The molecule has 39 heavy (non-hydrogen) atoms. The molecule has 0 heterocycles. The second-order valence-corrected chi connectivity index (χ2v) is 10.0. The van der Waals surface area contributed by atoms with Crippen molar-refractivity contribution in [3.63, 3.8) is 0 Å². The Balaban J connectivity index is 1.47. The summed E-state index contributed by atoms with van der Waals surface area (Å²) >= 11 is 1.54. The minimum Gasteiger partial charge on any atom is -0.494 e. The third-order valence-electron chi connectivity index (χ3n) is 5.88. The first-order chi connectivity index (χ1) is 19.1. The van der Waals surface area contributed by atoms with Crippen molar-refractivity contribution >= 4 is 23.7 Å². The Morgan fingerprint density at radius 1 is 0.795 bits per heavy atom. The third-order valence-corrected chi connectivity index (χ3v) is 7.18. The molecule has 0 N–H and O–H groups in total. The molecule has 0 spiro atoms. The van der Waals surface area contributed by atoms with E-state index in [1.165, 1.54) is 26.0 Å². The molecule has 6 nitrogen and oxygen atoms in total. The van der Waals surface area contributed by atoms with E-state index in [1.54, 1.807) is 6.07 Å². The number of methoxy groups -OCH3 is 2. The summed E-state index contributed by atoms with van der Waals surface area (Å²) < 4.78 is 21.3. The van der Waals surface area contributed by atoms with Crippen LogP contribution in [0.3, 0.4) is 0 Å². The second kappa shape index (κ2) is 17.0. The van der Waals surface area contributed by atoms with E-state index >= 15 is 0 Å². The van der Waals surface area contributed by atoms with Gasteiger partial charge in [-0.15, -0.1) is 11.8 Å². The normalized spacial score (nSPS) is 11.6.